The topological polar surface area (TPSA) is 49.8 Å². The van der Waals surface area contributed by atoms with E-state index in [9.17, 15) is 9.90 Å². The lowest BCUT2D eigenvalue weighted by Gasteiger charge is -2.41. The molecule has 0 bridgehead atoms. The molecule has 4 heteroatoms. The van der Waals surface area contributed by atoms with E-state index in [1.807, 2.05) is 6.92 Å². The maximum atomic E-state index is 11.5. The Bertz CT molecular complexity index is 289. The number of ether oxygens (including phenoxy) is 1. The third-order valence-corrected chi connectivity index (χ3v) is 4.52. The molecular weight excluding hydrogens is 230 g/mol. The summed E-state index contributed by atoms with van der Waals surface area (Å²) in [5, 5.41) is 9.45. The number of aliphatic carboxylic acids is 1. The molecule has 2 atom stereocenters. The molecule has 0 aromatic heterocycles. The summed E-state index contributed by atoms with van der Waals surface area (Å²) in [5.74, 6) is -0.626. The number of piperidine rings is 1. The largest absolute Gasteiger partial charge is 0.481 e. The first kappa shape index (κ1) is 13.8. The molecule has 0 spiro atoms. The van der Waals surface area contributed by atoms with Crippen molar-refractivity contribution >= 4 is 5.97 Å². The van der Waals surface area contributed by atoms with Crippen LogP contribution in [0.1, 0.15) is 45.4 Å². The first-order valence-electron chi connectivity index (χ1n) is 7.24. The van der Waals surface area contributed by atoms with Crippen LogP contribution >= 0.6 is 0 Å². The Morgan fingerprint density at radius 3 is 2.89 bits per heavy atom. The van der Waals surface area contributed by atoms with E-state index in [1.54, 1.807) is 0 Å². The molecule has 2 heterocycles. The molecule has 2 unspecified atom stereocenters. The molecule has 104 valence electrons. The van der Waals surface area contributed by atoms with E-state index in [1.165, 1.54) is 12.8 Å². The molecule has 2 saturated heterocycles. The molecule has 0 aliphatic carbocycles. The van der Waals surface area contributed by atoms with Crippen molar-refractivity contribution in [2.45, 2.75) is 51.6 Å². The highest BCUT2D eigenvalue weighted by Gasteiger charge is 2.41. The molecule has 2 aliphatic heterocycles. The lowest BCUT2D eigenvalue weighted by atomic mass is 9.77. The van der Waals surface area contributed by atoms with E-state index in [-0.39, 0.29) is 0 Å². The summed E-state index contributed by atoms with van der Waals surface area (Å²) in [6.45, 7) is 5.49. The highest BCUT2D eigenvalue weighted by molar-refractivity contribution is 5.75. The van der Waals surface area contributed by atoms with Gasteiger partial charge in [-0.25, -0.2) is 0 Å². The molecular formula is C14H25NO3. The minimum atomic E-state index is -0.626. The fourth-order valence-electron chi connectivity index (χ4n) is 3.24. The second-order valence-electron chi connectivity index (χ2n) is 5.77. The summed E-state index contributed by atoms with van der Waals surface area (Å²) >= 11 is 0. The van der Waals surface area contributed by atoms with Gasteiger partial charge in [-0.15, -0.1) is 0 Å². The highest BCUT2D eigenvalue weighted by Crippen LogP contribution is 2.34. The van der Waals surface area contributed by atoms with Crippen molar-refractivity contribution in [3.05, 3.63) is 0 Å². The van der Waals surface area contributed by atoms with Crippen LogP contribution in [0.15, 0.2) is 0 Å². The van der Waals surface area contributed by atoms with E-state index in [2.05, 4.69) is 4.90 Å². The average molecular weight is 255 g/mol. The first-order valence-corrected chi connectivity index (χ1v) is 7.24. The molecule has 0 saturated carbocycles. The Hall–Kier alpha value is -0.610. The fraction of sp³-hybridized carbons (Fsp3) is 0.929. The number of hydrogen-bond acceptors (Lipinski definition) is 3. The summed E-state index contributed by atoms with van der Waals surface area (Å²) in [5.41, 5.74) is -0.521. The third-order valence-electron chi connectivity index (χ3n) is 4.52. The Labute approximate surface area is 109 Å². The van der Waals surface area contributed by atoms with Crippen LogP contribution in [-0.4, -0.2) is 48.3 Å². The van der Waals surface area contributed by atoms with Crippen molar-refractivity contribution in [3.63, 3.8) is 0 Å². The van der Waals surface area contributed by atoms with Gasteiger partial charge in [0.1, 0.15) is 0 Å². The minimum absolute atomic E-state index is 0.320. The van der Waals surface area contributed by atoms with Crippen LogP contribution in [0, 0.1) is 5.41 Å². The van der Waals surface area contributed by atoms with Crippen LogP contribution in [0.3, 0.4) is 0 Å². The third kappa shape index (κ3) is 3.04. The van der Waals surface area contributed by atoms with Crippen molar-refractivity contribution in [1.82, 2.24) is 4.90 Å². The number of nitrogens with zero attached hydrogens (tertiary/aromatic N) is 1. The number of rotatable bonds is 4. The predicted molar refractivity (Wildman–Crippen MR) is 69.6 cm³/mol. The van der Waals surface area contributed by atoms with Crippen molar-refractivity contribution < 1.29 is 14.6 Å². The van der Waals surface area contributed by atoms with Crippen LogP contribution in [-0.2, 0) is 9.53 Å². The van der Waals surface area contributed by atoms with Gasteiger partial charge in [0.25, 0.3) is 0 Å². The van der Waals surface area contributed by atoms with Crippen LogP contribution < -0.4 is 0 Å². The summed E-state index contributed by atoms with van der Waals surface area (Å²) in [6.07, 6.45) is 6.40. The monoisotopic (exact) mass is 255 g/mol. The minimum Gasteiger partial charge on any atom is -0.481 e. The number of carboxylic acid groups (broad SMARTS) is 1. The van der Waals surface area contributed by atoms with Gasteiger partial charge in [-0.1, -0.05) is 6.92 Å². The summed E-state index contributed by atoms with van der Waals surface area (Å²) in [4.78, 5) is 13.8. The molecule has 1 N–H and O–H groups in total. The van der Waals surface area contributed by atoms with E-state index in [0.717, 1.165) is 45.4 Å². The number of carbonyl (C=O) groups is 1. The quantitative estimate of drug-likeness (QED) is 0.836. The Morgan fingerprint density at radius 2 is 2.28 bits per heavy atom. The van der Waals surface area contributed by atoms with Crippen molar-refractivity contribution in [1.29, 1.82) is 0 Å². The molecule has 0 radical (unpaired) electrons. The molecule has 0 amide bonds. The smallest absolute Gasteiger partial charge is 0.310 e. The summed E-state index contributed by atoms with van der Waals surface area (Å²) in [6, 6.07) is 0. The lowest BCUT2D eigenvalue weighted by Crippen LogP contribution is -2.50. The standard InChI is InChI=1S/C14H25NO3/c1-2-14(13(16)17)7-5-8-15(11-14)10-12-6-3-4-9-18-12/h12H,2-11H2,1H3,(H,16,17). The van der Waals surface area contributed by atoms with Crippen LogP contribution in [0.2, 0.25) is 0 Å². The second kappa shape index (κ2) is 6.02. The van der Waals surface area contributed by atoms with Gasteiger partial charge < -0.3 is 9.84 Å². The van der Waals surface area contributed by atoms with Gasteiger partial charge in [-0.3, -0.25) is 9.69 Å². The van der Waals surface area contributed by atoms with Gasteiger partial charge in [0, 0.05) is 19.7 Å². The summed E-state index contributed by atoms with van der Waals surface area (Å²) in [7, 11) is 0. The zero-order chi connectivity index (χ0) is 13.0. The zero-order valence-electron chi connectivity index (χ0n) is 11.4. The molecule has 4 nitrogen and oxygen atoms in total. The maximum Gasteiger partial charge on any atom is 0.310 e. The van der Waals surface area contributed by atoms with E-state index in [4.69, 9.17) is 4.74 Å². The number of likely N-dealkylation sites (tertiary alicyclic amines) is 1. The Balaban J connectivity index is 1.91. The molecule has 2 aliphatic rings. The van der Waals surface area contributed by atoms with Gasteiger partial charge in [-0.05, 0) is 45.1 Å². The highest BCUT2D eigenvalue weighted by atomic mass is 16.5. The molecule has 2 fully saturated rings. The van der Waals surface area contributed by atoms with Gasteiger partial charge >= 0.3 is 5.97 Å². The normalized spacial score (nSPS) is 34.4. The zero-order valence-corrected chi connectivity index (χ0v) is 11.4. The summed E-state index contributed by atoms with van der Waals surface area (Å²) < 4.78 is 5.75. The van der Waals surface area contributed by atoms with Gasteiger partial charge in [0.2, 0.25) is 0 Å². The van der Waals surface area contributed by atoms with Crippen molar-refractivity contribution in [2.75, 3.05) is 26.2 Å². The second-order valence-corrected chi connectivity index (χ2v) is 5.77. The van der Waals surface area contributed by atoms with Crippen LogP contribution in [0.4, 0.5) is 0 Å². The molecule has 0 aromatic carbocycles. The van der Waals surface area contributed by atoms with Crippen LogP contribution in [0.5, 0.6) is 0 Å². The fourth-order valence-corrected chi connectivity index (χ4v) is 3.24. The van der Waals surface area contributed by atoms with Gasteiger partial charge in [-0.2, -0.15) is 0 Å². The number of hydrogen-bond donors (Lipinski definition) is 1. The van der Waals surface area contributed by atoms with Gasteiger partial charge in [0.15, 0.2) is 0 Å². The lowest BCUT2D eigenvalue weighted by molar-refractivity contribution is -0.153. The van der Waals surface area contributed by atoms with Crippen molar-refractivity contribution in [3.8, 4) is 0 Å². The number of carboxylic acids is 1. The first-order chi connectivity index (χ1) is 8.66. The average Bonchev–Trinajstić information content (AvgIpc) is 2.40. The molecule has 18 heavy (non-hydrogen) atoms. The molecule has 2 rings (SSSR count). The van der Waals surface area contributed by atoms with Gasteiger partial charge in [0.05, 0.1) is 11.5 Å². The Morgan fingerprint density at radius 1 is 1.44 bits per heavy atom. The maximum absolute atomic E-state index is 11.5. The molecule has 0 aromatic rings. The SMILES string of the molecule is CCC1(C(=O)O)CCCN(CC2CCCCO2)C1. The predicted octanol–water partition coefficient (Wildman–Crippen LogP) is 2.13. The van der Waals surface area contributed by atoms with Crippen LogP contribution in [0.25, 0.3) is 0 Å². The Kier molecular flexibility index (Phi) is 4.62. The van der Waals surface area contributed by atoms with E-state index in [0.29, 0.717) is 12.6 Å². The van der Waals surface area contributed by atoms with Crippen molar-refractivity contribution in [2.24, 2.45) is 5.41 Å². The van der Waals surface area contributed by atoms with E-state index < -0.39 is 11.4 Å². The van der Waals surface area contributed by atoms with E-state index >= 15 is 0 Å².